The zero-order valence-corrected chi connectivity index (χ0v) is 10.9. The molecule has 0 fully saturated rings. The van der Waals surface area contributed by atoms with E-state index in [9.17, 15) is 4.79 Å². The van der Waals surface area contributed by atoms with Crippen LogP contribution in [0.4, 0.5) is 0 Å². The van der Waals surface area contributed by atoms with Gasteiger partial charge in [-0.15, -0.1) is 11.3 Å². The minimum atomic E-state index is -0.321. The normalized spacial score (nSPS) is 10.1. The van der Waals surface area contributed by atoms with E-state index in [0.29, 0.717) is 11.5 Å². The van der Waals surface area contributed by atoms with Crippen molar-refractivity contribution in [2.75, 3.05) is 13.7 Å². The van der Waals surface area contributed by atoms with Crippen LogP contribution < -0.4 is 4.74 Å². The Kier molecular flexibility index (Phi) is 4.36. The summed E-state index contributed by atoms with van der Waals surface area (Å²) in [5.41, 5.74) is 1.24. The van der Waals surface area contributed by atoms with Crippen LogP contribution in [-0.4, -0.2) is 19.7 Å². The number of hydrogen-bond donors (Lipinski definition) is 0. The Morgan fingerprint density at radius 1 is 1.28 bits per heavy atom. The van der Waals surface area contributed by atoms with Gasteiger partial charge in [-0.3, -0.25) is 0 Å². The third-order valence-electron chi connectivity index (χ3n) is 2.46. The van der Waals surface area contributed by atoms with Crippen molar-refractivity contribution in [3.63, 3.8) is 0 Å². The fraction of sp³-hybridized carbons (Fsp3) is 0.214. The second-order valence-corrected chi connectivity index (χ2v) is 4.63. The Bertz CT molecular complexity index is 505. The van der Waals surface area contributed by atoms with Gasteiger partial charge in [-0.1, -0.05) is 30.3 Å². The van der Waals surface area contributed by atoms with Gasteiger partial charge in [-0.05, 0) is 5.56 Å². The molecule has 18 heavy (non-hydrogen) atoms. The molecule has 0 radical (unpaired) electrons. The van der Waals surface area contributed by atoms with Crippen LogP contribution in [0.2, 0.25) is 0 Å². The van der Waals surface area contributed by atoms with Crippen LogP contribution in [0, 0.1) is 0 Å². The van der Waals surface area contributed by atoms with Crippen molar-refractivity contribution in [3.8, 4) is 5.75 Å². The van der Waals surface area contributed by atoms with Gasteiger partial charge in [-0.2, -0.15) is 0 Å². The van der Waals surface area contributed by atoms with E-state index in [4.69, 9.17) is 4.74 Å². The molecule has 0 saturated heterocycles. The first kappa shape index (κ1) is 12.6. The lowest BCUT2D eigenvalue weighted by molar-refractivity contribution is 0.0606. The third kappa shape index (κ3) is 3.34. The summed E-state index contributed by atoms with van der Waals surface area (Å²) in [7, 11) is 1.37. The Morgan fingerprint density at radius 2 is 2.06 bits per heavy atom. The second-order valence-electron chi connectivity index (χ2n) is 3.72. The van der Waals surface area contributed by atoms with Crippen molar-refractivity contribution >= 4 is 17.3 Å². The van der Waals surface area contributed by atoms with E-state index in [-0.39, 0.29) is 5.97 Å². The number of ether oxygens (including phenoxy) is 2. The zero-order chi connectivity index (χ0) is 12.8. The van der Waals surface area contributed by atoms with Crippen LogP contribution >= 0.6 is 11.3 Å². The van der Waals surface area contributed by atoms with Gasteiger partial charge < -0.3 is 9.47 Å². The fourth-order valence-corrected chi connectivity index (χ4v) is 2.28. The summed E-state index contributed by atoms with van der Waals surface area (Å²) >= 11 is 1.33. The summed E-state index contributed by atoms with van der Waals surface area (Å²) in [6, 6.07) is 11.9. The van der Waals surface area contributed by atoms with Crippen molar-refractivity contribution in [2.45, 2.75) is 6.42 Å². The molecule has 1 heterocycles. The maximum atomic E-state index is 11.3. The summed E-state index contributed by atoms with van der Waals surface area (Å²) in [5.74, 6) is 0.397. The first-order valence-corrected chi connectivity index (χ1v) is 6.51. The minimum absolute atomic E-state index is 0.321. The van der Waals surface area contributed by atoms with Crippen LogP contribution in [0.1, 0.15) is 15.2 Å². The standard InChI is InChI=1S/C14H14O3S/c1-16-14(15)13-9-12(10-18-13)17-8-7-11-5-3-2-4-6-11/h2-6,9-10H,7-8H2,1H3. The van der Waals surface area contributed by atoms with Crippen LogP contribution in [0.5, 0.6) is 5.75 Å². The second kappa shape index (κ2) is 6.21. The molecule has 0 atom stereocenters. The lowest BCUT2D eigenvalue weighted by Crippen LogP contribution is -2.01. The molecule has 0 aliphatic heterocycles. The SMILES string of the molecule is COC(=O)c1cc(OCCc2ccccc2)cs1. The molecule has 2 aromatic rings. The molecule has 0 N–H and O–H groups in total. The van der Waals surface area contributed by atoms with Gasteiger partial charge in [0, 0.05) is 17.9 Å². The lowest BCUT2D eigenvalue weighted by atomic mass is 10.2. The molecule has 3 nitrogen and oxygen atoms in total. The molecule has 0 aliphatic rings. The Labute approximate surface area is 110 Å². The molecular formula is C14H14O3S. The van der Waals surface area contributed by atoms with Gasteiger partial charge >= 0.3 is 5.97 Å². The summed E-state index contributed by atoms with van der Waals surface area (Å²) in [6.45, 7) is 0.599. The number of carbonyl (C=O) groups is 1. The summed E-state index contributed by atoms with van der Waals surface area (Å²) < 4.78 is 10.2. The highest BCUT2D eigenvalue weighted by Gasteiger charge is 2.09. The molecule has 4 heteroatoms. The molecule has 0 amide bonds. The molecule has 1 aromatic carbocycles. The molecule has 1 aromatic heterocycles. The van der Waals surface area contributed by atoms with E-state index in [1.807, 2.05) is 23.6 Å². The van der Waals surface area contributed by atoms with Crippen molar-refractivity contribution in [2.24, 2.45) is 0 Å². The van der Waals surface area contributed by atoms with Crippen LogP contribution in [-0.2, 0) is 11.2 Å². The van der Waals surface area contributed by atoms with Gasteiger partial charge in [0.1, 0.15) is 10.6 Å². The van der Waals surface area contributed by atoms with Crippen LogP contribution in [0.25, 0.3) is 0 Å². The largest absolute Gasteiger partial charge is 0.492 e. The molecule has 0 spiro atoms. The Morgan fingerprint density at radius 3 is 2.78 bits per heavy atom. The van der Waals surface area contributed by atoms with Gasteiger partial charge in [0.05, 0.1) is 13.7 Å². The van der Waals surface area contributed by atoms with Gasteiger partial charge in [0.15, 0.2) is 0 Å². The highest BCUT2D eigenvalue weighted by atomic mass is 32.1. The first-order chi connectivity index (χ1) is 8.79. The Hall–Kier alpha value is -1.81. The van der Waals surface area contributed by atoms with E-state index in [1.165, 1.54) is 24.0 Å². The maximum Gasteiger partial charge on any atom is 0.348 e. The molecule has 0 bridgehead atoms. The molecule has 2 rings (SSSR count). The molecule has 0 saturated carbocycles. The van der Waals surface area contributed by atoms with E-state index < -0.39 is 0 Å². The molecule has 0 unspecified atom stereocenters. The molecule has 94 valence electrons. The predicted molar refractivity (Wildman–Crippen MR) is 71.3 cm³/mol. The summed E-state index contributed by atoms with van der Waals surface area (Å²) in [5, 5.41) is 1.82. The quantitative estimate of drug-likeness (QED) is 0.776. The van der Waals surface area contributed by atoms with Crippen molar-refractivity contribution in [1.82, 2.24) is 0 Å². The smallest absolute Gasteiger partial charge is 0.348 e. The van der Waals surface area contributed by atoms with Gasteiger partial charge in [0.25, 0.3) is 0 Å². The average molecular weight is 262 g/mol. The highest BCUT2D eigenvalue weighted by Crippen LogP contribution is 2.22. The number of methoxy groups -OCH3 is 1. The first-order valence-electron chi connectivity index (χ1n) is 5.63. The topological polar surface area (TPSA) is 35.5 Å². The number of rotatable bonds is 5. The van der Waals surface area contributed by atoms with Crippen LogP contribution in [0.3, 0.4) is 0 Å². The third-order valence-corrected chi connectivity index (χ3v) is 3.35. The molecule has 0 aliphatic carbocycles. The summed E-state index contributed by atoms with van der Waals surface area (Å²) in [4.78, 5) is 11.8. The average Bonchev–Trinajstić information content (AvgIpc) is 2.88. The van der Waals surface area contributed by atoms with Gasteiger partial charge in [0.2, 0.25) is 0 Å². The number of hydrogen-bond acceptors (Lipinski definition) is 4. The number of carbonyl (C=O) groups excluding carboxylic acids is 1. The van der Waals surface area contributed by atoms with Crippen molar-refractivity contribution < 1.29 is 14.3 Å². The fourth-order valence-electron chi connectivity index (χ4n) is 1.53. The van der Waals surface area contributed by atoms with Gasteiger partial charge in [-0.25, -0.2) is 4.79 Å². The maximum absolute atomic E-state index is 11.3. The summed E-state index contributed by atoms with van der Waals surface area (Å²) in [6.07, 6.45) is 0.851. The molecular weight excluding hydrogens is 248 g/mol. The van der Waals surface area contributed by atoms with Crippen molar-refractivity contribution in [1.29, 1.82) is 0 Å². The van der Waals surface area contributed by atoms with E-state index >= 15 is 0 Å². The van der Waals surface area contributed by atoms with E-state index in [1.54, 1.807) is 6.07 Å². The number of thiophene rings is 1. The predicted octanol–water partition coefficient (Wildman–Crippen LogP) is 3.16. The van der Waals surface area contributed by atoms with E-state index in [2.05, 4.69) is 16.9 Å². The number of benzene rings is 1. The Balaban J connectivity index is 1.84. The monoisotopic (exact) mass is 262 g/mol. The lowest BCUT2D eigenvalue weighted by Gasteiger charge is -2.03. The van der Waals surface area contributed by atoms with Crippen molar-refractivity contribution in [3.05, 3.63) is 52.2 Å². The minimum Gasteiger partial charge on any atom is -0.492 e. The zero-order valence-electron chi connectivity index (χ0n) is 10.1. The highest BCUT2D eigenvalue weighted by molar-refractivity contribution is 7.12. The van der Waals surface area contributed by atoms with Crippen LogP contribution in [0.15, 0.2) is 41.8 Å². The van der Waals surface area contributed by atoms with E-state index in [0.717, 1.165) is 12.2 Å². The number of esters is 1.